The summed E-state index contributed by atoms with van der Waals surface area (Å²) in [7, 11) is -1.55. The molecular formula is C17H19BN2O4. The molecule has 24 heavy (non-hydrogen) atoms. The van der Waals surface area contributed by atoms with Gasteiger partial charge in [0.1, 0.15) is 0 Å². The van der Waals surface area contributed by atoms with Gasteiger partial charge in [0.15, 0.2) is 0 Å². The van der Waals surface area contributed by atoms with E-state index in [4.69, 9.17) is 0 Å². The quantitative estimate of drug-likeness (QED) is 0.717. The molecule has 0 aliphatic carbocycles. The maximum atomic E-state index is 12.4. The Labute approximate surface area is 140 Å². The molecular weight excluding hydrogens is 307 g/mol. The second kappa shape index (κ2) is 7.03. The molecule has 1 heterocycles. The highest BCUT2D eigenvalue weighted by molar-refractivity contribution is 6.43. The molecule has 1 saturated heterocycles. The summed E-state index contributed by atoms with van der Waals surface area (Å²) < 4.78 is 0. The Morgan fingerprint density at radius 1 is 1.17 bits per heavy atom. The third-order valence-corrected chi connectivity index (χ3v) is 4.40. The monoisotopic (exact) mass is 326 g/mol. The van der Waals surface area contributed by atoms with Crippen molar-refractivity contribution < 1.29 is 19.6 Å². The van der Waals surface area contributed by atoms with Crippen LogP contribution < -0.4 is 5.32 Å². The number of nitrogens with one attached hydrogen (secondary N) is 1. The van der Waals surface area contributed by atoms with Gasteiger partial charge in [-0.05, 0) is 29.7 Å². The first-order valence-electron chi connectivity index (χ1n) is 7.99. The maximum Gasteiger partial charge on any atom is 0.475 e. The second-order valence-electron chi connectivity index (χ2n) is 5.92. The van der Waals surface area contributed by atoms with E-state index in [0.29, 0.717) is 18.5 Å². The van der Waals surface area contributed by atoms with E-state index in [9.17, 15) is 19.6 Å². The van der Waals surface area contributed by atoms with Gasteiger partial charge in [-0.1, -0.05) is 36.4 Å². The summed E-state index contributed by atoms with van der Waals surface area (Å²) in [5, 5.41) is 23.1. The highest BCUT2D eigenvalue weighted by Crippen LogP contribution is 2.19. The van der Waals surface area contributed by atoms with Crippen LogP contribution in [0.25, 0.3) is 10.8 Å². The molecule has 7 heteroatoms. The maximum absolute atomic E-state index is 12.4. The van der Waals surface area contributed by atoms with Gasteiger partial charge in [0.25, 0.3) is 5.91 Å². The summed E-state index contributed by atoms with van der Waals surface area (Å²) in [6, 6.07) is 13.0. The van der Waals surface area contributed by atoms with E-state index in [2.05, 4.69) is 5.32 Å². The van der Waals surface area contributed by atoms with Gasteiger partial charge in [0.2, 0.25) is 5.91 Å². The highest BCUT2D eigenvalue weighted by atomic mass is 16.4. The topological polar surface area (TPSA) is 89.9 Å². The summed E-state index contributed by atoms with van der Waals surface area (Å²) in [4.78, 5) is 26.1. The first-order valence-corrected chi connectivity index (χ1v) is 7.99. The van der Waals surface area contributed by atoms with Gasteiger partial charge in [0.05, 0.1) is 12.5 Å². The third kappa shape index (κ3) is 3.27. The number of fused-ring (bicyclic) bond motifs is 1. The lowest BCUT2D eigenvalue weighted by atomic mass is 9.78. The standard InChI is InChI=1S/C17H19BN2O4/c21-16(20-10-4-9-15(20)18(23)24)11-19-17(22)14-8-3-6-12-5-1-2-7-13(12)14/h1-3,5-8,15,23-24H,4,9-11H2,(H,19,22). The molecule has 3 rings (SSSR count). The highest BCUT2D eigenvalue weighted by Gasteiger charge is 2.36. The number of hydrogen-bond donors (Lipinski definition) is 3. The normalized spacial score (nSPS) is 17.1. The van der Waals surface area contributed by atoms with Crippen LogP contribution in [0, 0.1) is 0 Å². The largest absolute Gasteiger partial charge is 0.475 e. The van der Waals surface area contributed by atoms with Crippen LogP contribution >= 0.6 is 0 Å². The summed E-state index contributed by atoms with van der Waals surface area (Å²) in [5.41, 5.74) is 0.515. The summed E-state index contributed by atoms with van der Waals surface area (Å²) in [5.74, 6) is -1.22. The number of carbonyl (C=O) groups excluding carboxylic acids is 2. The average molecular weight is 326 g/mol. The van der Waals surface area contributed by atoms with Gasteiger partial charge in [-0.2, -0.15) is 0 Å². The predicted molar refractivity (Wildman–Crippen MR) is 91.2 cm³/mol. The van der Waals surface area contributed by atoms with Crippen molar-refractivity contribution in [3.63, 3.8) is 0 Å². The number of likely N-dealkylation sites (tertiary alicyclic amines) is 1. The number of nitrogens with zero attached hydrogens (tertiary/aromatic N) is 1. The molecule has 0 spiro atoms. The zero-order valence-electron chi connectivity index (χ0n) is 13.2. The number of carbonyl (C=O) groups is 2. The molecule has 2 amide bonds. The molecule has 0 radical (unpaired) electrons. The van der Waals surface area contributed by atoms with Gasteiger partial charge in [-0.3, -0.25) is 9.59 Å². The Balaban J connectivity index is 1.68. The Morgan fingerprint density at radius 2 is 1.92 bits per heavy atom. The van der Waals surface area contributed by atoms with Crippen molar-refractivity contribution in [1.29, 1.82) is 0 Å². The third-order valence-electron chi connectivity index (χ3n) is 4.40. The van der Waals surface area contributed by atoms with Crippen LogP contribution in [0.5, 0.6) is 0 Å². The van der Waals surface area contributed by atoms with Crippen LogP contribution in [0.1, 0.15) is 23.2 Å². The number of amides is 2. The van der Waals surface area contributed by atoms with Gasteiger partial charge in [-0.15, -0.1) is 0 Å². The van der Waals surface area contributed by atoms with Crippen molar-refractivity contribution in [2.75, 3.05) is 13.1 Å². The summed E-state index contributed by atoms with van der Waals surface area (Å²) in [6.07, 6.45) is 1.28. The lowest BCUT2D eigenvalue weighted by molar-refractivity contribution is -0.130. The minimum atomic E-state index is -1.55. The molecule has 0 saturated carbocycles. The van der Waals surface area contributed by atoms with Gasteiger partial charge in [0, 0.05) is 12.1 Å². The van der Waals surface area contributed by atoms with Crippen LogP contribution in [0.4, 0.5) is 0 Å². The second-order valence-corrected chi connectivity index (χ2v) is 5.92. The van der Waals surface area contributed by atoms with E-state index in [1.165, 1.54) is 4.90 Å². The lowest BCUT2D eigenvalue weighted by Gasteiger charge is -2.24. The molecule has 0 bridgehead atoms. The van der Waals surface area contributed by atoms with Crippen LogP contribution in [0.3, 0.4) is 0 Å². The zero-order valence-corrected chi connectivity index (χ0v) is 13.2. The molecule has 1 fully saturated rings. The molecule has 3 N–H and O–H groups in total. The van der Waals surface area contributed by atoms with E-state index in [-0.39, 0.29) is 18.4 Å². The predicted octanol–water partition coefficient (Wildman–Crippen LogP) is 0.573. The van der Waals surface area contributed by atoms with Gasteiger partial charge >= 0.3 is 7.12 Å². The Morgan fingerprint density at radius 3 is 2.71 bits per heavy atom. The van der Waals surface area contributed by atoms with Crippen LogP contribution in [-0.2, 0) is 4.79 Å². The fourth-order valence-corrected chi connectivity index (χ4v) is 3.19. The van der Waals surface area contributed by atoms with Crippen LogP contribution in [0.2, 0.25) is 0 Å². The van der Waals surface area contributed by atoms with Gasteiger partial charge < -0.3 is 20.3 Å². The lowest BCUT2D eigenvalue weighted by Crippen LogP contribution is -2.48. The molecule has 1 unspecified atom stereocenters. The molecule has 1 atom stereocenters. The molecule has 1 aliphatic rings. The van der Waals surface area contributed by atoms with E-state index in [0.717, 1.165) is 17.2 Å². The van der Waals surface area contributed by atoms with E-state index in [1.807, 2.05) is 30.3 Å². The molecule has 1 aliphatic heterocycles. The average Bonchev–Trinajstić information content (AvgIpc) is 3.09. The van der Waals surface area contributed by atoms with Crippen molar-refractivity contribution in [3.05, 3.63) is 48.0 Å². The van der Waals surface area contributed by atoms with Crippen molar-refractivity contribution in [3.8, 4) is 0 Å². The fraction of sp³-hybridized carbons (Fsp3) is 0.294. The van der Waals surface area contributed by atoms with E-state index < -0.39 is 13.1 Å². The number of rotatable bonds is 4. The number of hydrogen-bond acceptors (Lipinski definition) is 4. The van der Waals surface area contributed by atoms with Crippen LogP contribution in [-0.4, -0.2) is 52.9 Å². The van der Waals surface area contributed by atoms with Crippen molar-refractivity contribution in [2.45, 2.75) is 18.8 Å². The molecule has 2 aromatic rings. The first kappa shape index (κ1) is 16.5. The number of benzene rings is 2. The SMILES string of the molecule is O=C(NCC(=O)N1CCCC1B(O)O)c1cccc2ccccc12. The van der Waals surface area contributed by atoms with Crippen LogP contribution in [0.15, 0.2) is 42.5 Å². The van der Waals surface area contributed by atoms with Gasteiger partial charge in [-0.25, -0.2) is 0 Å². The Hall–Kier alpha value is -2.38. The summed E-state index contributed by atoms with van der Waals surface area (Å²) >= 11 is 0. The zero-order chi connectivity index (χ0) is 17.1. The van der Waals surface area contributed by atoms with Crippen molar-refractivity contribution >= 4 is 29.7 Å². The molecule has 2 aromatic carbocycles. The Kier molecular flexibility index (Phi) is 4.82. The smallest absolute Gasteiger partial charge is 0.426 e. The fourth-order valence-electron chi connectivity index (χ4n) is 3.19. The summed E-state index contributed by atoms with van der Waals surface area (Å²) in [6.45, 7) is 0.316. The first-order chi connectivity index (χ1) is 11.6. The minimum absolute atomic E-state index is 0.161. The minimum Gasteiger partial charge on any atom is -0.426 e. The van der Waals surface area contributed by atoms with E-state index in [1.54, 1.807) is 12.1 Å². The Bertz CT molecular complexity index is 760. The van der Waals surface area contributed by atoms with Crippen molar-refractivity contribution in [1.82, 2.24) is 10.2 Å². The van der Waals surface area contributed by atoms with Crippen molar-refractivity contribution in [2.24, 2.45) is 0 Å². The molecule has 0 aromatic heterocycles. The molecule has 124 valence electrons. The van der Waals surface area contributed by atoms with E-state index >= 15 is 0 Å². The molecule has 6 nitrogen and oxygen atoms in total.